The summed E-state index contributed by atoms with van der Waals surface area (Å²) in [4.78, 5) is -0.303. The number of hydrogen-bond acceptors (Lipinski definition) is 12. The van der Waals surface area contributed by atoms with Crippen molar-refractivity contribution in [3.8, 4) is 5.75 Å². The van der Waals surface area contributed by atoms with Crippen molar-refractivity contribution < 1.29 is 32.7 Å². The van der Waals surface area contributed by atoms with Crippen LogP contribution in [0.2, 0.25) is 0 Å². The lowest BCUT2D eigenvalue weighted by molar-refractivity contribution is -0.432. The lowest BCUT2D eigenvalue weighted by atomic mass is 10.1. The summed E-state index contributed by atoms with van der Waals surface area (Å²) in [6.07, 6.45) is 0. The van der Waals surface area contributed by atoms with Gasteiger partial charge in [-0.1, -0.05) is 22.4 Å². The van der Waals surface area contributed by atoms with E-state index in [9.17, 15) is 18.1 Å². The second-order valence-corrected chi connectivity index (χ2v) is 7.55. The Kier molecular flexibility index (Phi) is 5.42. The molecule has 1 aromatic heterocycles. The Labute approximate surface area is 153 Å². The molecule has 0 fully saturated rings. The molecule has 0 aliphatic rings. The molecule has 0 unspecified atom stereocenters. The molecule has 2 aromatic carbocycles. The molecule has 136 valence electrons. The smallest absolute Gasteiger partial charge is 0.298 e. The molecule has 0 saturated heterocycles. The van der Waals surface area contributed by atoms with Gasteiger partial charge in [0.05, 0.1) is 12.0 Å². The van der Waals surface area contributed by atoms with Gasteiger partial charge in [0.25, 0.3) is 15.2 Å². The van der Waals surface area contributed by atoms with Gasteiger partial charge in [0.2, 0.25) is 0 Å². The topological polar surface area (TPSA) is 164 Å². The Hall–Kier alpha value is -2.20. The van der Waals surface area contributed by atoms with Crippen LogP contribution < -0.4 is 0 Å². The second-order valence-electron chi connectivity index (χ2n) is 4.58. The van der Waals surface area contributed by atoms with Crippen LogP contribution in [-0.2, 0) is 19.5 Å². The highest BCUT2D eigenvalue weighted by Gasteiger charge is 2.22. The van der Waals surface area contributed by atoms with Crippen LogP contribution in [0.15, 0.2) is 49.8 Å². The predicted octanol–water partition coefficient (Wildman–Crippen LogP) is 3.49. The molecule has 14 heteroatoms. The summed E-state index contributed by atoms with van der Waals surface area (Å²) in [6.45, 7) is 0. The monoisotopic (exact) mass is 416 g/mol. The van der Waals surface area contributed by atoms with Crippen LogP contribution in [0, 0.1) is 0 Å². The van der Waals surface area contributed by atoms with E-state index in [4.69, 9.17) is 5.26 Å². The minimum absolute atomic E-state index is 0.179. The summed E-state index contributed by atoms with van der Waals surface area (Å²) in [6, 6.07) is 5.59. The van der Waals surface area contributed by atoms with Gasteiger partial charge in [-0.05, 0) is 23.6 Å². The first-order valence-corrected chi connectivity index (χ1v) is 9.56. The molecular weight excluding hydrogens is 408 g/mol. The fraction of sp³-hybridized carbons (Fsp3) is 0. The molecule has 0 radical (unpaired) electrons. The van der Waals surface area contributed by atoms with Gasteiger partial charge in [-0.25, -0.2) is 5.26 Å². The third-order valence-corrected chi connectivity index (χ3v) is 5.06. The first-order valence-electron chi connectivity index (χ1n) is 6.50. The number of hydrogen-bond donors (Lipinski definition) is 3. The molecule has 3 aromatic rings. The standard InChI is InChI=1S/C12H8N4O7S3/c17-11-9(26(19,20)21)4-6-3-7(25-23-22-18)1-2-8(6)10(11)14-16-12-15-13-5-24-12/h1-5,17-18H,(H,19,20,21). The molecule has 3 N–H and O–H groups in total. The maximum atomic E-state index is 11.6. The SMILES string of the molecule is O=S(=O)(O)c1cc2cc(SOOO)ccc2c(N=Nc2nncs2)c1O. The van der Waals surface area contributed by atoms with Gasteiger partial charge in [-0.2, -0.15) is 8.42 Å². The molecule has 0 bridgehead atoms. The van der Waals surface area contributed by atoms with Crippen molar-refractivity contribution in [1.29, 1.82) is 0 Å². The highest BCUT2D eigenvalue weighted by molar-refractivity contribution is 7.94. The third-order valence-electron chi connectivity index (χ3n) is 3.05. The van der Waals surface area contributed by atoms with Crippen molar-refractivity contribution in [3.05, 3.63) is 29.8 Å². The van der Waals surface area contributed by atoms with E-state index in [0.717, 1.165) is 17.4 Å². The Bertz CT molecular complexity index is 1070. The maximum absolute atomic E-state index is 11.6. The molecule has 0 aliphatic heterocycles. The molecule has 3 rings (SSSR count). The fourth-order valence-corrected chi connectivity index (χ4v) is 3.43. The van der Waals surface area contributed by atoms with Crippen LogP contribution in [0.4, 0.5) is 10.8 Å². The van der Waals surface area contributed by atoms with Crippen LogP contribution in [0.3, 0.4) is 0 Å². The summed E-state index contributed by atoms with van der Waals surface area (Å²) in [7, 11) is -4.73. The molecule has 11 nitrogen and oxygen atoms in total. The number of nitrogens with zero attached hydrogens (tertiary/aromatic N) is 4. The summed E-state index contributed by atoms with van der Waals surface area (Å²) >= 11 is 1.74. The van der Waals surface area contributed by atoms with Gasteiger partial charge in [0.15, 0.2) is 5.75 Å². The van der Waals surface area contributed by atoms with Crippen LogP contribution in [0.5, 0.6) is 5.75 Å². The zero-order chi connectivity index (χ0) is 18.7. The maximum Gasteiger partial charge on any atom is 0.298 e. The molecule has 0 aliphatic carbocycles. The van der Waals surface area contributed by atoms with Gasteiger partial charge >= 0.3 is 0 Å². The van der Waals surface area contributed by atoms with Gasteiger partial charge in [-0.15, -0.1) is 24.8 Å². The Morgan fingerprint density at radius 1 is 1.23 bits per heavy atom. The minimum atomic E-state index is -4.73. The number of benzene rings is 2. The van der Waals surface area contributed by atoms with E-state index in [1.807, 2.05) is 0 Å². The summed E-state index contributed by atoms with van der Waals surface area (Å²) in [5.41, 5.74) is 1.24. The normalized spacial score (nSPS) is 12.2. The molecule has 0 amide bonds. The van der Waals surface area contributed by atoms with Gasteiger partial charge in [0.1, 0.15) is 16.1 Å². The highest BCUT2D eigenvalue weighted by atomic mass is 32.2. The number of phenolic OH excluding ortho intramolecular Hbond substituents is 1. The first-order chi connectivity index (χ1) is 12.4. The molecule has 0 atom stereocenters. The Balaban J connectivity index is 2.20. The van der Waals surface area contributed by atoms with Crippen LogP contribution in [-0.4, -0.2) is 33.5 Å². The van der Waals surface area contributed by atoms with E-state index >= 15 is 0 Å². The average molecular weight is 416 g/mol. The van der Waals surface area contributed by atoms with Crippen molar-refractivity contribution in [2.24, 2.45) is 10.2 Å². The second kappa shape index (κ2) is 7.58. The van der Waals surface area contributed by atoms with Gasteiger partial charge < -0.3 is 5.11 Å². The van der Waals surface area contributed by atoms with Crippen molar-refractivity contribution in [2.45, 2.75) is 9.79 Å². The highest BCUT2D eigenvalue weighted by Crippen LogP contribution is 2.42. The van der Waals surface area contributed by atoms with Gasteiger partial charge in [0, 0.05) is 10.3 Å². The van der Waals surface area contributed by atoms with Gasteiger partial charge in [-0.3, -0.25) is 4.55 Å². The van der Waals surface area contributed by atoms with E-state index in [0.29, 0.717) is 27.7 Å². The number of phenols is 1. The molecule has 0 spiro atoms. The number of azo groups is 1. The zero-order valence-electron chi connectivity index (χ0n) is 12.4. The number of aromatic hydroxyl groups is 1. The lowest BCUT2D eigenvalue weighted by Gasteiger charge is -2.09. The molecule has 0 saturated carbocycles. The van der Waals surface area contributed by atoms with Crippen molar-refractivity contribution in [1.82, 2.24) is 10.2 Å². The van der Waals surface area contributed by atoms with E-state index < -0.39 is 20.8 Å². The minimum Gasteiger partial charge on any atom is -0.504 e. The summed E-state index contributed by atoms with van der Waals surface area (Å²) in [5.74, 6) is -0.761. The molecular formula is C12H8N4O7S3. The van der Waals surface area contributed by atoms with Crippen molar-refractivity contribution in [3.63, 3.8) is 0 Å². The Morgan fingerprint density at radius 3 is 2.69 bits per heavy atom. The number of aromatic nitrogens is 2. The summed E-state index contributed by atoms with van der Waals surface area (Å²) in [5, 5.41) is 37.7. The summed E-state index contributed by atoms with van der Waals surface area (Å²) < 4.78 is 36.8. The molecule has 26 heavy (non-hydrogen) atoms. The van der Waals surface area contributed by atoms with Crippen molar-refractivity contribution in [2.75, 3.05) is 0 Å². The van der Waals surface area contributed by atoms with E-state index in [-0.39, 0.29) is 10.8 Å². The van der Waals surface area contributed by atoms with Crippen molar-refractivity contribution >= 4 is 55.1 Å². The zero-order valence-corrected chi connectivity index (χ0v) is 14.8. The largest absolute Gasteiger partial charge is 0.504 e. The van der Waals surface area contributed by atoms with E-state index in [1.54, 1.807) is 6.07 Å². The number of rotatable bonds is 6. The predicted molar refractivity (Wildman–Crippen MR) is 90.2 cm³/mol. The van der Waals surface area contributed by atoms with E-state index in [2.05, 4.69) is 29.8 Å². The Morgan fingerprint density at radius 2 is 2.04 bits per heavy atom. The average Bonchev–Trinajstić information content (AvgIpc) is 3.11. The first kappa shape index (κ1) is 18.6. The molecule has 1 heterocycles. The third kappa shape index (κ3) is 3.96. The van der Waals surface area contributed by atoms with Crippen LogP contribution in [0.1, 0.15) is 0 Å². The quantitative estimate of drug-likeness (QED) is 0.178. The lowest BCUT2D eigenvalue weighted by Crippen LogP contribution is -1.99. The van der Waals surface area contributed by atoms with E-state index in [1.165, 1.54) is 17.6 Å². The van der Waals surface area contributed by atoms with Crippen LogP contribution in [0.25, 0.3) is 10.8 Å². The van der Waals surface area contributed by atoms with Crippen LogP contribution >= 0.6 is 23.4 Å². The fourth-order valence-electron chi connectivity index (χ4n) is 2.04. The number of fused-ring (bicyclic) bond motifs is 1.